The van der Waals surface area contributed by atoms with Gasteiger partial charge >= 0.3 is 0 Å². The van der Waals surface area contributed by atoms with E-state index >= 15 is 0 Å². The number of para-hydroxylation sites is 2. The monoisotopic (exact) mass is 717 g/mol. The highest BCUT2D eigenvalue weighted by Gasteiger charge is 2.24. The number of phenolic OH excluding ortho intramolecular Hbond substituents is 1. The summed E-state index contributed by atoms with van der Waals surface area (Å²) < 4.78 is 2.22. The molecule has 1 N–H and O–H groups in total. The molecule has 0 aliphatic carbocycles. The van der Waals surface area contributed by atoms with Crippen molar-refractivity contribution in [3.63, 3.8) is 0 Å². The van der Waals surface area contributed by atoms with E-state index in [9.17, 15) is 5.11 Å². The lowest BCUT2D eigenvalue weighted by molar-refractivity contribution is 0.477. The van der Waals surface area contributed by atoms with Crippen molar-refractivity contribution in [1.82, 2.24) is 14.5 Å². The predicted molar refractivity (Wildman–Crippen MR) is 230 cm³/mol. The lowest BCUT2D eigenvalue weighted by atomic mass is 9.83. The van der Waals surface area contributed by atoms with Crippen LogP contribution in [-0.4, -0.2) is 19.6 Å². The van der Waals surface area contributed by atoms with Crippen LogP contribution in [0.5, 0.6) is 5.75 Å². The average Bonchev–Trinajstić information content (AvgIpc) is 3.57. The van der Waals surface area contributed by atoms with Gasteiger partial charge in [0, 0.05) is 23.0 Å². The summed E-state index contributed by atoms with van der Waals surface area (Å²) in [5.41, 5.74) is 15.6. The first-order valence-corrected chi connectivity index (χ1v) is 19.0. The minimum atomic E-state index is -0.116. The van der Waals surface area contributed by atoms with Crippen LogP contribution >= 0.6 is 0 Å². The Kier molecular flexibility index (Phi) is 9.01. The average molecular weight is 718 g/mol. The molecule has 0 atom stereocenters. The first-order chi connectivity index (χ1) is 26.3. The smallest absolute Gasteiger partial charge is 0.149 e. The van der Waals surface area contributed by atoms with E-state index in [0.29, 0.717) is 11.4 Å². The largest absolute Gasteiger partial charge is 0.507 e. The summed E-state index contributed by atoms with van der Waals surface area (Å²) in [5, 5.41) is 11.3. The Morgan fingerprint density at radius 3 is 1.87 bits per heavy atom. The lowest BCUT2D eigenvalue weighted by Crippen LogP contribution is -2.12. The number of rotatable bonds is 6. The maximum atomic E-state index is 11.3. The van der Waals surface area contributed by atoms with Crippen molar-refractivity contribution in [2.45, 2.75) is 59.3 Å². The van der Waals surface area contributed by atoms with Gasteiger partial charge in [0.1, 0.15) is 11.6 Å². The Labute approximate surface area is 324 Å². The molecular formula is C51H47N3O. The highest BCUT2D eigenvalue weighted by atomic mass is 16.3. The molecule has 4 nitrogen and oxygen atoms in total. The van der Waals surface area contributed by atoms with Crippen LogP contribution in [0.2, 0.25) is 0 Å². The molecule has 6 aromatic carbocycles. The van der Waals surface area contributed by atoms with Crippen LogP contribution in [0.1, 0.15) is 58.2 Å². The van der Waals surface area contributed by atoms with Gasteiger partial charge in [0.25, 0.3) is 0 Å². The number of aromatic nitrogens is 3. The third-order valence-corrected chi connectivity index (χ3v) is 10.5. The Balaban J connectivity index is 1.38. The molecular weight excluding hydrogens is 671 g/mol. The lowest BCUT2D eigenvalue weighted by Gasteiger charge is -2.23. The summed E-state index contributed by atoms with van der Waals surface area (Å²) in [6.07, 6.45) is 1.91. The van der Waals surface area contributed by atoms with Crippen molar-refractivity contribution in [3.05, 3.63) is 168 Å². The maximum Gasteiger partial charge on any atom is 0.149 e. The molecule has 2 heterocycles. The van der Waals surface area contributed by atoms with Crippen LogP contribution in [-0.2, 0) is 10.8 Å². The molecule has 0 aliphatic rings. The van der Waals surface area contributed by atoms with Crippen LogP contribution in [0.3, 0.4) is 0 Å². The summed E-state index contributed by atoms with van der Waals surface area (Å²) in [7, 11) is 0. The van der Waals surface area contributed by atoms with Crippen molar-refractivity contribution >= 4 is 11.0 Å². The molecule has 272 valence electrons. The van der Waals surface area contributed by atoms with Gasteiger partial charge < -0.3 is 5.11 Å². The topological polar surface area (TPSA) is 50.9 Å². The number of fused-ring (bicyclic) bond motifs is 1. The van der Waals surface area contributed by atoms with Gasteiger partial charge in [-0.3, -0.25) is 9.55 Å². The molecule has 0 saturated carbocycles. The van der Waals surface area contributed by atoms with E-state index < -0.39 is 0 Å². The second kappa shape index (κ2) is 13.9. The maximum absolute atomic E-state index is 11.3. The van der Waals surface area contributed by atoms with Crippen LogP contribution in [0.25, 0.3) is 72.7 Å². The van der Waals surface area contributed by atoms with Gasteiger partial charge in [0.05, 0.1) is 22.3 Å². The van der Waals surface area contributed by atoms with Gasteiger partial charge in [-0.05, 0) is 111 Å². The number of aryl methyl sites for hydroxylation is 1. The zero-order chi connectivity index (χ0) is 38.5. The molecule has 0 aliphatic heterocycles. The molecule has 55 heavy (non-hydrogen) atoms. The predicted octanol–water partition coefficient (Wildman–Crippen LogP) is 13.4. The van der Waals surface area contributed by atoms with Gasteiger partial charge in [0.2, 0.25) is 0 Å². The molecule has 0 spiro atoms. The normalized spacial score (nSPS) is 12.0. The third kappa shape index (κ3) is 7.08. The van der Waals surface area contributed by atoms with Gasteiger partial charge in [-0.1, -0.05) is 138 Å². The SMILES string of the molecule is Cc1ccc(-c2ccnc(-c3cc(-c4cccc5c4nc(-c4ccccc4O)n5-c4cc(-c5ccccc5)cc(C(C)(C)C)c4)cc(C(C)(C)C)c3)c2)cc1. The number of phenols is 1. The van der Waals surface area contributed by atoms with Crippen LogP contribution in [0.15, 0.2) is 152 Å². The zero-order valence-electron chi connectivity index (χ0n) is 32.7. The van der Waals surface area contributed by atoms with E-state index in [1.807, 2.05) is 24.4 Å². The van der Waals surface area contributed by atoms with Crippen molar-refractivity contribution in [2.75, 3.05) is 0 Å². The molecule has 0 fully saturated rings. The minimum Gasteiger partial charge on any atom is -0.507 e. The Bertz CT molecular complexity index is 2670. The second-order valence-electron chi connectivity index (χ2n) is 16.7. The fraction of sp³-hybridized carbons (Fsp3) is 0.176. The highest BCUT2D eigenvalue weighted by Crippen LogP contribution is 2.41. The van der Waals surface area contributed by atoms with Crippen molar-refractivity contribution in [2.24, 2.45) is 0 Å². The Hall–Kier alpha value is -6.26. The Morgan fingerprint density at radius 1 is 0.509 bits per heavy atom. The second-order valence-corrected chi connectivity index (χ2v) is 16.7. The fourth-order valence-electron chi connectivity index (χ4n) is 7.29. The van der Waals surface area contributed by atoms with E-state index in [4.69, 9.17) is 9.97 Å². The summed E-state index contributed by atoms with van der Waals surface area (Å²) >= 11 is 0. The first-order valence-electron chi connectivity index (χ1n) is 19.0. The van der Waals surface area contributed by atoms with Crippen LogP contribution < -0.4 is 0 Å². The number of hydrogen-bond donors (Lipinski definition) is 1. The van der Waals surface area contributed by atoms with Gasteiger partial charge in [-0.25, -0.2) is 4.98 Å². The molecule has 8 rings (SSSR count). The highest BCUT2D eigenvalue weighted by molar-refractivity contribution is 5.97. The number of pyridine rings is 1. The van der Waals surface area contributed by atoms with Gasteiger partial charge in [-0.2, -0.15) is 0 Å². The van der Waals surface area contributed by atoms with E-state index in [-0.39, 0.29) is 16.6 Å². The quantitative estimate of drug-likeness (QED) is 0.186. The molecule has 0 radical (unpaired) electrons. The molecule has 0 saturated heterocycles. The summed E-state index contributed by atoms with van der Waals surface area (Å²) in [4.78, 5) is 10.3. The van der Waals surface area contributed by atoms with E-state index in [1.165, 1.54) is 22.3 Å². The standard InChI is InChI=1S/C51H47N3O/c1-33-20-22-35(23-21-33)36-24-25-52-45(31-36)39-26-38(28-40(29-39)50(2,3)4)43-17-13-18-46-48(43)53-49(44-16-11-12-19-47(44)55)54(46)42-30-37(34-14-9-8-10-15-34)27-41(32-42)51(5,6)7/h8-32,55H,1-7H3. The van der Waals surface area contributed by atoms with E-state index in [1.54, 1.807) is 6.07 Å². The number of aromatic hydroxyl groups is 1. The number of benzene rings is 6. The van der Waals surface area contributed by atoms with E-state index in [2.05, 4.69) is 174 Å². The van der Waals surface area contributed by atoms with Crippen LogP contribution in [0, 0.1) is 6.92 Å². The van der Waals surface area contributed by atoms with Crippen molar-refractivity contribution in [1.29, 1.82) is 0 Å². The molecule has 0 amide bonds. The van der Waals surface area contributed by atoms with Gasteiger partial charge in [0.15, 0.2) is 0 Å². The first kappa shape index (κ1) is 35.8. The third-order valence-electron chi connectivity index (χ3n) is 10.5. The van der Waals surface area contributed by atoms with Gasteiger partial charge in [-0.15, -0.1) is 0 Å². The number of imidazole rings is 1. The zero-order valence-corrected chi connectivity index (χ0v) is 32.7. The summed E-state index contributed by atoms with van der Waals surface area (Å²) in [6, 6.07) is 51.0. The van der Waals surface area contributed by atoms with Crippen LogP contribution in [0.4, 0.5) is 0 Å². The summed E-state index contributed by atoms with van der Waals surface area (Å²) in [5.74, 6) is 0.873. The minimum absolute atomic E-state index is 0.106. The molecule has 0 unspecified atom stereocenters. The number of nitrogens with zero attached hydrogens (tertiary/aromatic N) is 3. The molecule has 0 bridgehead atoms. The molecule has 4 heteroatoms. The molecule has 8 aromatic rings. The Morgan fingerprint density at radius 2 is 1.15 bits per heavy atom. The van der Waals surface area contributed by atoms with Crippen molar-refractivity contribution < 1.29 is 5.11 Å². The summed E-state index contributed by atoms with van der Waals surface area (Å²) in [6.45, 7) is 15.6. The van der Waals surface area contributed by atoms with E-state index in [0.717, 1.165) is 55.8 Å². The molecule has 2 aromatic heterocycles. The fourth-order valence-corrected chi connectivity index (χ4v) is 7.29. The van der Waals surface area contributed by atoms with Crippen molar-refractivity contribution in [3.8, 4) is 67.5 Å². The number of hydrogen-bond acceptors (Lipinski definition) is 3.